The summed E-state index contributed by atoms with van der Waals surface area (Å²) in [7, 11) is -1.98. The van der Waals surface area contributed by atoms with Crippen LogP contribution in [0.25, 0.3) is 0 Å². The number of benzene rings is 1. The molecule has 132 valence electrons. The molecule has 2 rings (SSSR count). The zero-order chi connectivity index (χ0) is 17.9. The second-order valence-electron chi connectivity index (χ2n) is 6.06. The number of sulfonamides is 1. The molecule has 1 aromatic rings. The molecule has 1 saturated heterocycles. The first kappa shape index (κ1) is 18.4. The van der Waals surface area contributed by atoms with Gasteiger partial charge in [-0.15, -0.1) is 0 Å². The number of carbonyl (C=O) groups excluding carboxylic acids is 1. The van der Waals surface area contributed by atoms with E-state index >= 15 is 0 Å². The van der Waals surface area contributed by atoms with Crippen LogP contribution in [0.15, 0.2) is 29.2 Å². The van der Waals surface area contributed by atoms with Crippen LogP contribution in [0.3, 0.4) is 0 Å². The largest absolute Gasteiger partial charge is 0.481 e. The molecule has 7 nitrogen and oxygen atoms in total. The van der Waals surface area contributed by atoms with E-state index in [0.29, 0.717) is 18.7 Å². The SMILES string of the molecule is CC(CN(C)C(=O)c1ccc(S(=O)(=O)N2CCCC2)cc1)C(=O)O. The Kier molecular flexibility index (Phi) is 5.61. The van der Waals surface area contributed by atoms with E-state index in [1.54, 1.807) is 0 Å². The number of carbonyl (C=O) groups is 2. The minimum atomic E-state index is -3.50. The molecule has 0 aromatic heterocycles. The van der Waals surface area contributed by atoms with Crippen molar-refractivity contribution in [3.63, 3.8) is 0 Å². The lowest BCUT2D eigenvalue weighted by Crippen LogP contribution is -2.33. The predicted molar refractivity (Wildman–Crippen MR) is 88.2 cm³/mol. The first-order chi connectivity index (χ1) is 11.2. The standard InChI is InChI=1S/C16H22N2O5S/c1-12(16(20)21)11-17(2)15(19)13-5-7-14(8-6-13)24(22,23)18-9-3-4-10-18/h5-8,12H,3-4,9-11H2,1-2H3,(H,20,21). The molecule has 1 heterocycles. The van der Waals surface area contributed by atoms with Crippen molar-refractivity contribution in [2.45, 2.75) is 24.7 Å². The van der Waals surface area contributed by atoms with Crippen LogP contribution in [0, 0.1) is 5.92 Å². The molecule has 1 aliphatic heterocycles. The zero-order valence-corrected chi connectivity index (χ0v) is 14.6. The average molecular weight is 354 g/mol. The van der Waals surface area contributed by atoms with Gasteiger partial charge in [0.2, 0.25) is 10.0 Å². The maximum Gasteiger partial charge on any atom is 0.308 e. The van der Waals surface area contributed by atoms with E-state index in [1.807, 2.05) is 0 Å². The van der Waals surface area contributed by atoms with Gasteiger partial charge in [-0.2, -0.15) is 4.31 Å². The van der Waals surface area contributed by atoms with E-state index in [-0.39, 0.29) is 17.3 Å². The van der Waals surface area contributed by atoms with Crippen LogP contribution in [-0.4, -0.2) is 61.3 Å². The number of aliphatic carboxylic acids is 1. The quantitative estimate of drug-likeness (QED) is 0.830. The van der Waals surface area contributed by atoms with Gasteiger partial charge < -0.3 is 10.0 Å². The van der Waals surface area contributed by atoms with E-state index in [2.05, 4.69) is 0 Å². The van der Waals surface area contributed by atoms with Gasteiger partial charge in [0.15, 0.2) is 0 Å². The highest BCUT2D eigenvalue weighted by Crippen LogP contribution is 2.21. The third-order valence-corrected chi connectivity index (χ3v) is 6.03. The Hall–Kier alpha value is -1.93. The topological polar surface area (TPSA) is 95.0 Å². The van der Waals surface area contributed by atoms with Crippen molar-refractivity contribution in [3.05, 3.63) is 29.8 Å². The van der Waals surface area contributed by atoms with Crippen molar-refractivity contribution in [1.82, 2.24) is 9.21 Å². The van der Waals surface area contributed by atoms with Gasteiger partial charge in [0, 0.05) is 32.2 Å². The maximum absolute atomic E-state index is 12.4. The molecule has 1 fully saturated rings. The molecule has 1 atom stereocenters. The van der Waals surface area contributed by atoms with E-state index in [0.717, 1.165) is 12.8 Å². The molecule has 0 bridgehead atoms. The van der Waals surface area contributed by atoms with Crippen LogP contribution in [0.2, 0.25) is 0 Å². The number of hydrogen-bond donors (Lipinski definition) is 1. The van der Waals surface area contributed by atoms with E-state index in [4.69, 9.17) is 5.11 Å². The minimum absolute atomic E-state index is 0.0853. The summed E-state index contributed by atoms with van der Waals surface area (Å²) in [5.74, 6) is -1.98. The summed E-state index contributed by atoms with van der Waals surface area (Å²) in [5.41, 5.74) is 0.329. The van der Waals surface area contributed by atoms with Gasteiger partial charge in [-0.3, -0.25) is 9.59 Å². The highest BCUT2D eigenvalue weighted by molar-refractivity contribution is 7.89. The summed E-state index contributed by atoms with van der Waals surface area (Å²) < 4.78 is 26.3. The first-order valence-electron chi connectivity index (χ1n) is 7.82. The number of rotatable bonds is 6. The van der Waals surface area contributed by atoms with Gasteiger partial charge >= 0.3 is 5.97 Å². The smallest absolute Gasteiger partial charge is 0.308 e. The Morgan fingerprint density at radius 3 is 2.25 bits per heavy atom. The lowest BCUT2D eigenvalue weighted by molar-refractivity contribution is -0.141. The third kappa shape index (κ3) is 3.93. The summed E-state index contributed by atoms with van der Waals surface area (Å²) in [5, 5.41) is 8.90. The van der Waals surface area contributed by atoms with Crippen LogP contribution in [-0.2, 0) is 14.8 Å². The van der Waals surface area contributed by atoms with Crippen LogP contribution < -0.4 is 0 Å². The Bertz CT molecular complexity index is 708. The van der Waals surface area contributed by atoms with Gasteiger partial charge in [-0.25, -0.2) is 8.42 Å². The van der Waals surface area contributed by atoms with Crippen molar-refractivity contribution in [3.8, 4) is 0 Å². The Morgan fingerprint density at radius 2 is 1.75 bits per heavy atom. The normalized spacial score (nSPS) is 16.8. The van der Waals surface area contributed by atoms with Gasteiger partial charge in [-0.05, 0) is 37.1 Å². The summed E-state index contributed by atoms with van der Waals surface area (Å²) >= 11 is 0. The second kappa shape index (κ2) is 7.31. The Balaban J connectivity index is 2.11. The predicted octanol–water partition coefficient (Wildman–Crippen LogP) is 1.26. The van der Waals surface area contributed by atoms with Crippen LogP contribution in [0.1, 0.15) is 30.1 Å². The second-order valence-corrected chi connectivity index (χ2v) is 8.00. The van der Waals surface area contributed by atoms with Crippen molar-refractivity contribution in [1.29, 1.82) is 0 Å². The highest BCUT2D eigenvalue weighted by atomic mass is 32.2. The number of carboxylic acids is 1. The van der Waals surface area contributed by atoms with Crippen LogP contribution in [0.4, 0.5) is 0 Å². The molecule has 0 saturated carbocycles. The lowest BCUT2D eigenvalue weighted by atomic mass is 10.1. The molecule has 24 heavy (non-hydrogen) atoms. The fraction of sp³-hybridized carbons (Fsp3) is 0.500. The molecule has 1 aromatic carbocycles. The van der Waals surface area contributed by atoms with Crippen LogP contribution in [0.5, 0.6) is 0 Å². The maximum atomic E-state index is 12.4. The van der Waals surface area contributed by atoms with Gasteiger partial charge in [-0.1, -0.05) is 6.92 Å². The fourth-order valence-corrected chi connectivity index (χ4v) is 4.16. The summed E-state index contributed by atoms with van der Waals surface area (Å²) in [6.45, 7) is 2.66. The summed E-state index contributed by atoms with van der Waals surface area (Å²) in [6, 6.07) is 5.78. The molecule has 0 radical (unpaired) electrons. The van der Waals surface area contributed by atoms with Gasteiger partial charge in [0.1, 0.15) is 0 Å². The molecular weight excluding hydrogens is 332 g/mol. The monoisotopic (exact) mass is 354 g/mol. The minimum Gasteiger partial charge on any atom is -0.481 e. The molecule has 8 heteroatoms. The Morgan fingerprint density at radius 1 is 1.21 bits per heavy atom. The molecule has 1 N–H and O–H groups in total. The summed E-state index contributed by atoms with van der Waals surface area (Å²) in [4.78, 5) is 24.6. The molecule has 1 amide bonds. The van der Waals surface area contributed by atoms with E-state index < -0.39 is 21.9 Å². The molecule has 0 aliphatic carbocycles. The number of carboxylic acid groups (broad SMARTS) is 1. The van der Waals surface area contributed by atoms with Crippen molar-refractivity contribution in [2.75, 3.05) is 26.7 Å². The third-order valence-electron chi connectivity index (χ3n) is 4.12. The molecule has 0 spiro atoms. The molecule has 1 aliphatic rings. The van der Waals surface area contributed by atoms with Crippen molar-refractivity contribution >= 4 is 21.9 Å². The van der Waals surface area contributed by atoms with Gasteiger partial charge in [0.25, 0.3) is 5.91 Å². The fourth-order valence-electron chi connectivity index (χ4n) is 2.64. The van der Waals surface area contributed by atoms with E-state index in [1.165, 1.54) is 47.4 Å². The average Bonchev–Trinajstić information content (AvgIpc) is 3.09. The number of amides is 1. The van der Waals surface area contributed by atoms with Crippen molar-refractivity contribution in [2.24, 2.45) is 5.92 Å². The lowest BCUT2D eigenvalue weighted by Gasteiger charge is -2.20. The van der Waals surface area contributed by atoms with Gasteiger partial charge in [0.05, 0.1) is 10.8 Å². The number of hydrogen-bond acceptors (Lipinski definition) is 4. The molecule has 1 unspecified atom stereocenters. The summed E-state index contributed by atoms with van der Waals surface area (Å²) in [6.07, 6.45) is 1.73. The highest BCUT2D eigenvalue weighted by Gasteiger charge is 2.27. The van der Waals surface area contributed by atoms with E-state index in [9.17, 15) is 18.0 Å². The van der Waals surface area contributed by atoms with Crippen molar-refractivity contribution < 1.29 is 23.1 Å². The first-order valence-corrected chi connectivity index (χ1v) is 9.26. The Labute approximate surface area is 141 Å². The zero-order valence-electron chi connectivity index (χ0n) is 13.8. The molecular formula is C16H22N2O5S. The van der Waals surface area contributed by atoms with Crippen LogP contribution >= 0.6 is 0 Å². The number of nitrogens with zero attached hydrogens (tertiary/aromatic N) is 2.